The van der Waals surface area contributed by atoms with Gasteiger partial charge in [-0.05, 0) is 48.6 Å². The third-order valence-corrected chi connectivity index (χ3v) is 6.65. The monoisotopic (exact) mass is 355 g/mol. The summed E-state index contributed by atoms with van der Waals surface area (Å²) < 4.78 is 25.6. The summed E-state index contributed by atoms with van der Waals surface area (Å²) in [6.07, 6.45) is 3.00. The minimum atomic E-state index is -3.86. The fourth-order valence-corrected chi connectivity index (χ4v) is 4.91. The Morgan fingerprint density at radius 1 is 1.18 bits per heavy atom. The maximum atomic E-state index is 12.8. The van der Waals surface area contributed by atoms with Crippen molar-refractivity contribution in [1.29, 1.82) is 0 Å². The summed E-state index contributed by atoms with van der Waals surface area (Å²) in [6, 6.07) is 9.85. The second kappa shape index (κ2) is 5.76. The van der Waals surface area contributed by atoms with Gasteiger partial charge >= 0.3 is 0 Å². The summed E-state index contributed by atoms with van der Waals surface area (Å²) in [5.41, 5.74) is 0.666. The van der Waals surface area contributed by atoms with Crippen molar-refractivity contribution < 1.29 is 13.5 Å². The van der Waals surface area contributed by atoms with E-state index in [1.54, 1.807) is 0 Å². The largest absolute Gasteiger partial charge is 0.508 e. The number of hydrogen-bond acceptors (Lipinski definition) is 3. The number of hydrogen-bond donors (Lipinski definition) is 1. The second-order valence-electron chi connectivity index (χ2n) is 5.32. The Balaban J connectivity index is 2.14. The Labute approximate surface area is 139 Å². The Morgan fingerprint density at radius 2 is 1.91 bits per heavy atom. The molecule has 0 spiro atoms. The molecule has 1 saturated carbocycles. The summed E-state index contributed by atoms with van der Waals surface area (Å²) >= 11 is 12.0. The Hall–Kier alpha value is -1.23. The van der Waals surface area contributed by atoms with E-state index in [9.17, 15) is 13.5 Å². The average molecular weight is 356 g/mol. The topological polar surface area (TPSA) is 54.4 Å². The minimum Gasteiger partial charge on any atom is -0.508 e. The van der Waals surface area contributed by atoms with Crippen LogP contribution in [0.5, 0.6) is 5.75 Å². The quantitative estimate of drug-likeness (QED) is 0.875. The van der Waals surface area contributed by atoms with Gasteiger partial charge in [0.05, 0.1) is 14.9 Å². The van der Waals surface area contributed by atoms with E-state index in [2.05, 4.69) is 6.07 Å². The summed E-state index contributed by atoms with van der Waals surface area (Å²) in [4.78, 5) is -0.0702. The summed E-state index contributed by atoms with van der Waals surface area (Å²) in [7, 11) is -3.86. The molecule has 6 heteroatoms. The van der Waals surface area contributed by atoms with Crippen molar-refractivity contribution >= 4 is 33.0 Å². The zero-order chi connectivity index (χ0) is 15.9. The second-order valence-corrected chi connectivity index (χ2v) is 7.99. The molecule has 0 atom stereocenters. The zero-order valence-corrected chi connectivity index (χ0v) is 13.8. The summed E-state index contributed by atoms with van der Waals surface area (Å²) in [5.74, 6) is 0.337. The number of rotatable bonds is 3. The number of phenolic OH excluding ortho intramolecular Hbond substituents is 1. The summed E-state index contributed by atoms with van der Waals surface area (Å²) in [5, 5.41) is 9.98. The lowest BCUT2D eigenvalue weighted by Gasteiger charge is -2.26. The highest BCUT2D eigenvalue weighted by molar-refractivity contribution is 7.91. The van der Waals surface area contributed by atoms with Crippen LogP contribution < -0.4 is 0 Å². The fourth-order valence-electron chi connectivity index (χ4n) is 2.54. The predicted octanol–water partition coefficient (Wildman–Crippen LogP) is 4.60. The van der Waals surface area contributed by atoms with Gasteiger partial charge in [-0.2, -0.15) is 0 Å². The molecule has 1 fully saturated rings. The molecule has 22 heavy (non-hydrogen) atoms. The predicted molar refractivity (Wildman–Crippen MR) is 85.4 cm³/mol. The van der Waals surface area contributed by atoms with Gasteiger partial charge in [-0.15, -0.1) is 0 Å². The molecule has 0 heterocycles. The highest BCUT2D eigenvalue weighted by atomic mass is 35.5. The Morgan fingerprint density at radius 3 is 2.50 bits per heavy atom. The van der Waals surface area contributed by atoms with Gasteiger partial charge in [-0.25, -0.2) is 8.42 Å². The van der Waals surface area contributed by atoms with Crippen LogP contribution in [0.25, 0.3) is 0 Å². The van der Waals surface area contributed by atoms with Crippen molar-refractivity contribution in [2.24, 2.45) is 0 Å². The maximum absolute atomic E-state index is 12.8. The molecule has 0 aromatic heterocycles. The molecule has 1 N–H and O–H groups in total. The third kappa shape index (κ3) is 2.60. The van der Waals surface area contributed by atoms with Gasteiger partial charge < -0.3 is 5.11 Å². The van der Waals surface area contributed by atoms with Gasteiger partial charge in [0.2, 0.25) is 9.84 Å². The first-order chi connectivity index (χ1) is 10.4. The molecule has 115 valence electrons. The van der Waals surface area contributed by atoms with Crippen LogP contribution in [-0.2, 0) is 9.84 Å². The van der Waals surface area contributed by atoms with Gasteiger partial charge in [0.1, 0.15) is 10.6 Å². The van der Waals surface area contributed by atoms with E-state index in [0.29, 0.717) is 5.56 Å². The van der Waals surface area contributed by atoms with Crippen molar-refractivity contribution in [2.45, 2.75) is 35.0 Å². The van der Waals surface area contributed by atoms with Crippen LogP contribution in [0, 0.1) is 6.07 Å². The number of benzene rings is 2. The van der Waals surface area contributed by atoms with Crippen molar-refractivity contribution in [1.82, 2.24) is 0 Å². The molecule has 0 bridgehead atoms. The van der Waals surface area contributed by atoms with E-state index in [4.69, 9.17) is 23.2 Å². The van der Waals surface area contributed by atoms with Crippen LogP contribution in [0.2, 0.25) is 10.0 Å². The molecular formula is C16H13Cl2O3S. The van der Waals surface area contributed by atoms with Crippen LogP contribution in [0.15, 0.2) is 40.1 Å². The van der Waals surface area contributed by atoms with Gasteiger partial charge in [-0.1, -0.05) is 35.7 Å². The van der Waals surface area contributed by atoms with Crippen molar-refractivity contribution in [3.8, 4) is 5.75 Å². The van der Waals surface area contributed by atoms with Crippen molar-refractivity contribution in [3.05, 3.63) is 52.0 Å². The van der Waals surface area contributed by atoms with Gasteiger partial charge in [-0.3, -0.25) is 0 Å². The first-order valence-corrected chi connectivity index (χ1v) is 9.09. The van der Waals surface area contributed by atoms with E-state index in [-0.39, 0.29) is 31.5 Å². The standard InChI is InChI=1S/C16H13Cl2O3S/c17-13-5-2-6-14(18)16(13)22(20,21)11-7-8-15(19)12(9-11)10-3-1-4-10/h2,5,7-10,19H,1,3-4H2. The number of aromatic hydroxyl groups is 1. The first-order valence-electron chi connectivity index (χ1n) is 6.85. The molecule has 3 rings (SSSR count). The molecule has 2 aromatic carbocycles. The smallest absolute Gasteiger partial charge is 0.209 e. The number of halogens is 2. The third-order valence-electron chi connectivity index (χ3n) is 3.98. The van der Waals surface area contributed by atoms with Gasteiger partial charge in [0, 0.05) is 6.07 Å². The van der Waals surface area contributed by atoms with Crippen LogP contribution in [-0.4, -0.2) is 13.5 Å². The van der Waals surface area contributed by atoms with E-state index < -0.39 is 9.84 Å². The first kappa shape index (κ1) is 15.7. The highest BCUT2D eigenvalue weighted by Gasteiger charge is 2.28. The molecule has 0 saturated heterocycles. The van der Waals surface area contributed by atoms with Crippen LogP contribution >= 0.6 is 23.2 Å². The van der Waals surface area contributed by atoms with Crippen LogP contribution in [0.1, 0.15) is 30.7 Å². The van der Waals surface area contributed by atoms with E-state index in [0.717, 1.165) is 19.3 Å². The number of sulfone groups is 1. The lowest BCUT2D eigenvalue weighted by Crippen LogP contribution is -2.11. The van der Waals surface area contributed by atoms with E-state index in [1.807, 2.05) is 0 Å². The van der Waals surface area contributed by atoms with Gasteiger partial charge in [0.25, 0.3) is 0 Å². The molecule has 2 aromatic rings. The zero-order valence-electron chi connectivity index (χ0n) is 11.5. The Kier molecular flexibility index (Phi) is 4.10. The van der Waals surface area contributed by atoms with Gasteiger partial charge in [0.15, 0.2) is 0 Å². The van der Waals surface area contributed by atoms with Crippen LogP contribution in [0.3, 0.4) is 0 Å². The van der Waals surface area contributed by atoms with Crippen molar-refractivity contribution in [2.75, 3.05) is 0 Å². The molecule has 1 aliphatic carbocycles. The molecule has 0 amide bonds. The normalized spacial score (nSPS) is 15.5. The lowest BCUT2D eigenvalue weighted by atomic mass is 9.80. The van der Waals surface area contributed by atoms with Crippen molar-refractivity contribution in [3.63, 3.8) is 0 Å². The SMILES string of the molecule is O=S(=O)(c1ccc(O)c(C2CCC2)c1)c1c(Cl)[c]ccc1Cl. The van der Waals surface area contributed by atoms with Crippen LogP contribution in [0.4, 0.5) is 0 Å². The highest BCUT2D eigenvalue weighted by Crippen LogP contribution is 2.42. The summed E-state index contributed by atoms with van der Waals surface area (Å²) in [6.45, 7) is 0. The minimum absolute atomic E-state index is 0.0363. The van der Waals surface area contributed by atoms with E-state index in [1.165, 1.54) is 30.3 Å². The molecule has 1 radical (unpaired) electrons. The Bertz CT molecular complexity index is 807. The molecule has 3 nitrogen and oxygen atoms in total. The number of phenols is 1. The molecule has 0 aliphatic heterocycles. The molecular weight excluding hydrogens is 343 g/mol. The fraction of sp³-hybridized carbons (Fsp3) is 0.250. The van der Waals surface area contributed by atoms with E-state index >= 15 is 0 Å². The average Bonchev–Trinajstić information content (AvgIpc) is 2.38. The molecule has 0 unspecified atom stereocenters. The molecule has 1 aliphatic rings. The lowest BCUT2D eigenvalue weighted by molar-refractivity contribution is 0.392. The maximum Gasteiger partial charge on any atom is 0.209 e.